The minimum absolute atomic E-state index is 0.0600. The van der Waals surface area contributed by atoms with Crippen LogP contribution in [0.4, 0.5) is 17.1 Å². The van der Waals surface area contributed by atoms with E-state index >= 15 is 0 Å². The third kappa shape index (κ3) is 5.16. The van der Waals surface area contributed by atoms with Crippen LogP contribution in [0.1, 0.15) is 6.42 Å². The molecule has 3 rings (SSSR count). The SMILES string of the molecule is COc1ccccc1N1CCN(CCC(=O)Nc2ccc(N(C)C)cc2)CC1. The zero-order valence-electron chi connectivity index (χ0n) is 17.0. The number of amides is 1. The molecule has 6 nitrogen and oxygen atoms in total. The van der Waals surface area contributed by atoms with Gasteiger partial charge >= 0.3 is 0 Å². The fraction of sp³-hybridized carbons (Fsp3) is 0.409. The second-order valence-electron chi connectivity index (χ2n) is 7.24. The highest BCUT2D eigenvalue weighted by molar-refractivity contribution is 5.91. The molecule has 0 radical (unpaired) electrons. The predicted molar refractivity (Wildman–Crippen MR) is 116 cm³/mol. The van der Waals surface area contributed by atoms with Crippen molar-refractivity contribution in [2.45, 2.75) is 6.42 Å². The largest absolute Gasteiger partial charge is 0.495 e. The van der Waals surface area contributed by atoms with Crippen molar-refractivity contribution in [3.63, 3.8) is 0 Å². The highest BCUT2D eigenvalue weighted by atomic mass is 16.5. The molecule has 0 bridgehead atoms. The first-order valence-corrected chi connectivity index (χ1v) is 9.74. The number of hydrogen-bond acceptors (Lipinski definition) is 5. The van der Waals surface area contributed by atoms with Crippen LogP contribution >= 0.6 is 0 Å². The maximum atomic E-state index is 12.3. The zero-order valence-corrected chi connectivity index (χ0v) is 17.0. The number of hydrogen-bond donors (Lipinski definition) is 1. The van der Waals surface area contributed by atoms with Crippen molar-refractivity contribution in [3.8, 4) is 5.75 Å². The zero-order chi connectivity index (χ0) is 19.9. The molecule has 0 aromatic heterocycles. The number of para-hydroxylation sites is 2. The fourth-order valence-corrected chi connectivity index (χ4v) is 3.43. The predicted octanol–water partition coefficient (Wildman–Crippen LogP) is 2.91. The summed E-state index contributed by atoms with van der Waals surface area (Å²) in [5, 5.41) is 2.99. The number of nitrogens with zero attached hydrogens (tertiary/aromatic N) is 3. The third-order valence-electron chi connectivity index (χ3n) is 5.12. The normalized spacial score (nSPS) is 14.6. The van der Waals surface area contributed by atoms with Gasteiger partial charge in [-0.1, -0.05) is 12.1 Å². The number of anilines is 3. The molecule has 1 N–H and O–H groups in total. The van der Waals surface area contributed by atoms with Crippen LogP contribution in [0.25, 0.3) is 0 Å². The Kier molecular flexibility index (Phi) is 6.76. The first-order valence-electron chi connectivity index (χ1n) is 9.74. The molecule has 1 heterocycles. The minimum atomic E-state index is 0.0600. The van der Waals surface area contributed by atoms with Gasteiger partial charge in [-0.15, -0.1) is 0 Å². The van der Waals surface area contributed by atoms with Gasteiger partial charge in [0, 0.05) is 64.6 Å². The Bertz CT molecular complexity index is 768. The summed E-state index contributed by atoms with van der Waals surface area (Å²) >= 11 is 0. The lowest BCUT2D eigenvalue weighted by atomic mass is 10.2. The third-order valence-corrected chi connectivity index (χ3v) is 5.12. The summed E-state index contributed by atoms with van der Waals surface area (Å²) in [5.41, 5.74) is 3.10. The first kappa shape index (κ1) is 20.0. The first-order chi connectivity index (χ1) is 13.6. The topological polar surface area (TPSA) is 48.1 Å². The molecule has 2 aromatic rings. The average molecular weight is 383 g/mol. The van der Waals surface area contributed by atoms with Crippen LogP contribution in [-0.2, 0) is 4.79 Å². The van der Waals surface area contributed by atoms with Crippen molar-refractivity contribution < 1.29 is 9.53 Å². The van der Waals surface area contributed by atoms with E-state index in [-0.39, 0.29) is 5.91 Å². The number of ether oxygens (including phenoxy) is 1. The van der Waals surface area contributed by atoms with Gasteiger partial charge in [0.05, 0.1) is 12.8 Å². The van der Waals surface area contributed by atoms with E-state index in [1.54, 1.807) is 7.11 Å². The van der Waals surface area contributed by atoms with E-state index in [9.17, 15) is 4.79 Å². The second-order valence-corrected chi connectivity index (χ2v) is 7.24. The molecule has 0 aliphatic carbocycles. The van der Waals surface area contributed by atoms with Gasteiger partial charge in [-0.3, -0.25) is 9.69 Å². The summed E-state index contributed by atoms with van der Waals surface area (Å²) in [6.07, 6.45) is 0.504. The quantitative estimate of drug-likeness (QED) is 0.798. The van der Waals surface area contributed by atoms with Crippen molar-refractivity contribution in [2.75, 3.05) is 69.0 Å². The van der Waals surface area contributed by atoms with Crippen LogP contribution in [-0.4, -0.2) is 64.7 Å². The molecule has 150 valence electrons. The van der Waals surface area contributed by atoms with Crippen LogP contribution in [0.3, 0.4) is 0 Å². The molecule has 1 fully saturated rings. The molecular weight excluding hydrogens is 352 g/mol. The number of nitrogens with one attached hydrogen (secondary N) is 1. The van der Waals surface area contributed by atoms with Crippen molar-refractivity contribution in [1.29, 1.82) is 0 Å². The number of rotatable bonds is 7. The van der Waals surface area contributed by atoms with Crippen LogP contribution in [0.2, 0.25) is 0 Å². The van der Waals surface area contributed by atoms with Crippen LogP contribution in [0.5, 0.6) is 5.75 Å². The van der Waals surface area contributed by atoms with E-state index in [4.69, 9.17) is 4.74 Å². The number of piperazine rings is 1. The molecule has 0 unspecified atom stereocenters. The molecule has 6 heteroatoms. The van der Waals surface area contributed by atoms with Gasteiger partial charge < -0.3 is 19.9 Å². The summed E-state index contributed by atoms with van der Waals surface area (Å²) in [5.74, 6) is 0.973. The number of benzene rings is 2. The summed E-state index contributed by atoms with van der Waals surface area (Å²) in [4.78, 5) is 19.0. The van der Waals surface area contributed by atoms with Gasteiger partial charge in [-0.25, -0.2) is 0 Å². The Morgan fingerprint density at radius 2 is 1.71 bits per heavy atom. The van der Waals surface area contributed by atoms with E-state index < -0.39 is 0 Å². The van der Waals surface area contributed by atoms with E-state index in [0.29, 0.717) is 6.42 Å². The van der Waals surface area contributed by atoms with Crippen LogP contribution in [0, 0.1) is 0 Å². The van der Waals surface area contributed by atoms with Crippen LogP contribution in [0.15, 0.2) is 48.5 Å². The van der Waals surface area contributed by atoms with Gasteiger partial charge in [-0.05, 0) is 36.4 Å². The van der Waals surface area contributed by atoms with E-state index in [1.807, 2.05) is 61.5 Å². The monoisotopic (exact) mass is 382 g/mol. The average Bonchev–Trinajstić information content (AvgIpc) is 2.73. The molecule has 1 saturated heterocycles. The minimum Gasteiger partial charge on any atom is -0.495 e. The fourth-order valence-electron chi connectivity index (χ4n) is 3.43. The second kappa shape index (κ2) is 9.46. The van der Waals surface area contributed by atoms with Gasteiger partial charge in [-0.2, -0.15) is 0 Å². The molecule has 2 aromatic carbocycles. The van der Waals surface area contributed by atoms with Gasteiger partial charge in [0.25, 0.3) is 0 Å². The number of methoxy groups -OCH3 is 1. The highest BCUT2D eigenvalue weighted by Crippen LogP contribution is 2.28. The standard InChI is InChI=1S/C22H30N4O2/c1-24(2)19-10-8-18(9-11-19)23-22(27)12-13-25-14-16-26(17-15-25)20-6-4-5-7-21(20)28-3/h4-11H,12-17H2,1-3H3,(H,23,27). The van der Waals surface area contributed by atoms with E-state index in [0.717, 1.165) is 55.5 Å². The van der Waals surface area contributed by atoms with Crippen molar-refractivity contribution in [1.82, 2.24) is 4.90 Å². The molecule has 1 aliphatic rings. The molecule has 0 spiro atoms. The molecule has 0 atom stereocenters. The Hall–Kier alpha value is -2.73. The molecule has 0 saturated carbocycles. The van der Waals surface area contributed by atoms with E-state index in [1.165, 1.54) is 0 Å². The van der Waals surface area contributed by atoms with Gasteiger partial charge in [0.2, 0.25) is 5.91 Å². The summed E-state index contributed by atoms with van der Waals surface area (Å²) in [6, 6.07) is 16.0. The number of carbonyl (C=O) groups is 1. The lowest BCUT2D eigenvalue weighted by molar-refractivity contribution is -0.116. The summed E-state index contributed by atoms with van der Waals surface area (Å²) < 4.78 is 5.47. The Morgan fingerprint density at radius 1 is 1.04 bits per heavy atom. The molecule has 28 heavy (non-hydrogen) atoms. The van der Waals surface area contributed by atoms with Gasteiger partial charge in [0.15, 0.2) is 0 Å². The van der Waals surface area contributed by atoms with E-state index in [2.05, 4.69) is 21.2 Å². The smallest absolute Gasteiger partial charge is 0.225 e. The lowest BCUT2D eigenvalue weighted by Crippen LogP contribution is -2.47. The van der Waals surface area contributed by atoms with Crippen molar-refractivity contribution >= 4 is 23.0 Å². The van der Waals surface area contributed by atoms with Crippen molar-refractivity contribution in [2.24, 2.45) is 0 Å². The maximum Gasteiger partial charge on any atom is 0.225 e. The highest BCUT2D eigenvalue weighted by Gasteiger charge is 2.19. The van der Waals surface area contributed by atoms with Crippen molar-refractivity contribution in [3.05, 3.63) is 48.5 Å². The molecule has 1 amide bonds. The summed E-state index contributed by atoms with van der Waals surface area (Å²) in [7, 11) is 5.71. The van der Waals surface area contributed by atoms with Crippen LogP contribution < -0.4 is 19.9 Å². The molecule has 1 aliphatic heterocycles. The Morgan fingerprint density at radius 3 is 2.36 bits per heavy atom. The Labute approximate surface area is 167 Å². The number of carbonyl (C=O) groups excluding carboxylic acids is 1. The Balaban J connectivity index is 1.43. The van der Waals surface area contributed by atoms with Gasteiger partial charge in [0.1, 0.15) is 5.75 Å². The lowest BCUT2D eigenvalue weighted by Gasteiger charge is -2.36. The molecular formula is C22H30N4O2. The summed E-state index contributed by atoms with van der Waals surface area (Å²) in [6.45, 7) is 4.55. The maximum absolute atomic E-state index is 12.3.